The van der Waals surface area contributed by atoms with Crippen molar-refractivity contribution in [1.82, 2.24) is 15.5 Å². The Morgan fingerprint density at radius 2 is 1.77 bits per heavy atom. The first kappa shape index (κ1) is 21.2. The lowest BCUT2D eigenvalue weighted by Crippen LogP contribution is -2.43. The van der Waals surface area contributed by atoms with Crippen LogP contribution < -0.4 is 10.6 Å². The Labute approximate surface area is 152 Å². The zero-order chi connectivity index (χ0) is 15.5. The maximum absolute atomic E-state index is 4.26. The normalized spacial score (nSPS) is 11.5. The highest BCUT2D eigenvalue weighted by atomic mass is 127. The molecule has 0 unspecified atom stereocenters. The fraction of sp³-hybridized carbons (Fsp3) is 0.588. The lowest BCUT2D eigenvalue weighted by atomic mass is 10.1. The van der Waals surface area contributed by atoms with Gasteiger partial charge in [-0.25, -0.2) is 0 Å². The maximum atomic E-state index is 4.26. The number of nitrogens with one attached hydrogen (secondary N) is 2. The number of halogens is 1. The van der Waals surface area contributed by atoms with Crippen molar-refractivity contribution in [3.63, 3.8) is 0 Å². The van der Waals surface area contributed by atoms with E-state index in [9.17, 15) is 0 Å². The van der Waals surface area contributed by atoms with Gasteiger partial charge in [0.1, 0.15) is 0 Å². The number of hydrogen-bond donors (Lipinski definition) is 2. The Balaban J connectivity index is 0.00000441. The zero-order valence-electron chi connectivity index (χ0n) is 14.3. The molecule has 0 aliphatic carbocycles. The third kappa shape index (κ3) is 8.58. The van der Waals surface area contributed by atoms with Gasteiger partial charge in [-0.2, -0.15) is 0 Å². The van der Waals surface area contributed by atoms with E-state index < -0.39 is 0 Å². The van der Waals surface area contributed by atoms with Crippen LogP contribution in [0, 0.1) is 0 Å². The van der Waals surface area contributed by atoms with Gasteiger partial charge in [0.05, 0.1) is 0 Å². The van der Waals surface area contributed by atoms with Crippen LogP contribution in [0.3, 0.4) is 0 Å². The number of benzene rings is 1. The van der Waals surface area contributed by atoms with Gasteiger partial charge < -0.3 is 10.6 Å². The summed E-state index contributed by atoms with van der Waals surface area (Å²) in [5.41, 5.74) is 1.34. The summed E-state index contributed by atoms with van der Waals surface area (Å²) in [5, 5.41) is 6.73. The molecule has 4 nitrogen and oxygen atoms in total. The van der Waals surface area contributed by atoms with Crippen molar-refractivity contribution < 1.29 is 0 Å². The Morgan fingerprint density at radius 3 is 2.32 bits per heavy atom. The summed E-state index contributed by atoms with van der Waals surface area (Å²) in [4.78, 5) is 6.70. The molecule has 0 aromatic heterocycles. The first-order valence-corrected chi connectivity index (χ1v) is 7.89. The SMILES string of the molecule is CCN(CCNC(=NC)NCCc1ccccc1)C(C)C.I. The number of hydrogen-bond acceptors (Lipinski definition) is 2. The minimum Gasteiger partial charge on any atom is -0.356 e. The smallest absolute Gasteiger partial charge is 0.191 e. The lowest BCUT2D eigenvalue weighted by molar-refractivity contribution is 0.237. The van der Waals surface area contributed by atoms with Crippen LogP contribution in [0.5, 0.6) is 0 Å². The van der Waals surface area contributed by atoms with Gasteiger partial charge in [-0.3, -0.25) is 9.89 Å². The van der Waals surface area contributed by atoms with E-state index in [1.54, 1.807) is 0 Å². The van der Waals surface area contributed by atoms with E-state index in [0.717, 1.165) is 38.6 Å². The highest BCUT2D eigenvalue weighted by Gasteiger charge is 2.06. The molecule has 1 aromatic rings. The van der Waals surface area contributed by atoms with Gasteiger partial charge in [0.2, 0.25) is 0 Å². The van der Waals surface area contributed by atoms with Gasteiger partial charge in [0.15, 0.2) is 5.96 Å². The molecule has 2 N–H and O–H groups in total. The maximum Gasteiger partial charge on any atom is 0.191 e. The predicted molar refractivity (Wildman–Crippen MR) is 107 cm³/mol. The molecule has 1 aromatic carbocycles. The Bertz CT molecular complexity index is 406. The summed E-state index contributed by atoms with van der Waals surface area (Å²) >= 11 is 0. The van der Waals surface area contributed by atoms with Crippen LogP contribution in [0.1, 0.15) is 26.3 Å². The quantitative estimate of drug-likeness (QED) is 0.388. The average Bonchev–Trinajstić information content (AvgIpc) is 2.50. The highest BCUT2D eigenvalue weighted by Crippen LogP contribution is 1.98. The number of nitrogens with zero attached hydrogens (tertiary/aromatic N) is 2. The second kappa shape index (κ2) is 12.7. The van der Waals surface area contributed by atoms with Crippen molar-refractivity contribution in [3.05, 3.63) is 35.9 Å². The standard InChI is InChI=1S/C17H30N4.HI/c1-5-21(15(2)3)14-13-20-17(18-4)19-12-11-16-9-7-6-8-10-16;/h6-10,15H,5,11-14H2,1-4H3,(H2,18,19,20);1H. The molecular weight excluding hydrogens is 387 g/mol. The fourth-order valence-corrected chi connectivity index (χ4v) is 2.29. The lowest BCUT2D eigenvalue weighted by Gasteiger charge is -2.25. The van der Waals surface area contributed by atoms with Crippen LogP contribution in [0.15, 0.2) is 35.3 Å². The van der Waals surface area contributed by atoms with Crippen molar-refractivity contribution in [2.75, 3.05) is 33.2 Å². The molecule has 0 saturated carbocycles. The Kier molecular flexibility index (Phi) is 12.2. The minimum atomic E-state index is 0. The van der Waals surface area contributed by atoms with Crippen LogP contribution >= 0.6 is 24.0 Å². The Morgan fingerprint density at radius 1 is 1.14 bits per heavy atom. The van der Waals surface area contributed by atoms with Crippen LogP contribution in [-0.2, 0) is 6.42 Å². The number of aliphatic imine (C=N–C) groups is 1. The molecule has 1 rings (SSSR count). The van der Waals surface area contributed by atoms with E-state index in [0.29, 0.717) is 6.04 Å². The molecule has 0 amide bonds. The summed E-state index contributed by atoms with van der Waals surface area (Å²) in [7, 11) is 1.82. The van der Waals surface area contributed by atoms with Crippen LogP contribution in [0.4, 0.5) is 0 Å². The van der Waals surface area contributed by atoms with Crippen molar-refractivity contribution in [2.45, 2.75) is 33.2 Å². The molecule has 5 heteroatoms. The highest BCUT2D eigenvalue weighted by molar-refractivity contribution is 14.0. The van der Waals surface area contributed by atoms with Gasteiger partial charge in [-0.1, -0.05) is 37.3 Å². The third-order valence-corrected chi connectivity index (χ3v) is 3.60. The van der Waals surface area contributed by atoms with E-state index >= 15 is 0 Å². The predicted octanol–water partition coefficient (Wildman–Crippen LogP) is 2.74. The van der Waals surface area contributed by atoms with Gasteiger partial charge in [-0.05, 0) is 32.4 Å². The van der Waals surface area contributed by atoms with E-state index in [2.05, 4.69) is 65.6 Å². The van der Waals surface area contributed by atoms with E-state index in [-0.39, 0.29) is 24.0 Å². The van der Waals surface area contributed by atoms with Crippen LogP contribution in [0.2, 0.25) is 0 Å². The van der Waals surface area contributed by atoms with Gasteiger partial charge in [-0.15, -0.1) is 24.0 Å². The first-order chi connectivity index (χ1) is 10.2. The van der Waals surface area contributed by atoms with Crippen LogP contribution in [-0.4, -0.2) is 50.1 Å². The van der Waals surface area contributed by atoms with Crippen molar-refractivity contribution >= 4 is 29.9 Å². The van der Waals surface area contributed by atoms with Crippen molar-refractivity contribution in [1.29, 1.82) is 0 Å². The molecule has 0 bridgehead atoms. The molecular formula is C17H31IN4. The Hall–Kier alpha value is -0.820. The summed E-state index contributed by atoms with van der Waals surface area (Å²) in [6.07, 6.45) is 1.01. The van der Waals surface area contributed by atoms with E-state index in [1.165, 1.54) is 5.56 Å². The molecule has 0 fully saturated rings. The monoisotopic (exact) mass is 418 g/mol. The molecule has 126 valence electrons. The van der Waals surface area contributed by atoms with Gasteiger partial charge in [0.25, 0.3) is 0 Å². The second-order valence-corrected chi connectivity index (χ2v) is 5.38. The molecule has 0 radical (unpaired) electrons. The summed E-state index contributed by atoms with van der Waals surface area (Å²) < 4.78 is 0. The minimum absolute atomic E-state index is 0. The summed E-state index contributed by atoms with van der Waals surface area (Å²) in [6, 6.07) is 11.1. The molecule has 0 aliphatic rings. The molecule has 0 aliphatic heterocycles. The third-order valence-electron chi connectivity index (χ3n) is 3.60. The van der Waals surface area contributed by atoms with Gasteiger partial charge in [0, 0.05) is 32.7 Å². The molecule has 22 heavy (non-hydrogen) atoms. The van der Waals surface area contributed by atoms with E-state index in [1.807, 2.05) is 13.1 Å². The summed E-state index contributed by atoms with van der Waals surface area (Å²) in [5.74, 6) is 0.880. The first-order valence-electron chi connectivity index (χ1n) is 7.89. The largest absolute Gasteiger partial charge is 0.356 e. The molecule has 0 heterocycles. The second-order valence-electron chi connectivity index (χ2n) is 5.38. The number of likely N-dealkylation sites (N-methyl/N-ethyl adjacent to an activating group) is 1. The van der Waals surface area contributed by atoms with Crippen LogP contribution in [0.25, 0.3) is 0 Å². The molecule has 0 saturated heterocycles. The zero-order valence-corrected chi connectivity index (χ0v) is 16.6. The summed E-state index contributed by atoms with van der Waals surface area (Å²) in [6.45, 7) is 10.6. The topological polar surface area (TPSA) is 39.7 Å². The van der Waals surface area contributed by atoms with Crippen molar-refractivity contribution in [3.8, 4) is 0 Å². The van der Waals surface area contributed by atoms with Gasteiger partial charge >= 0.3 is 0 Å². The fourth-order valence-electron chi connectivity index (χ4n) is 2.29. The molecule has 0 atom stereocenters. The number of rotatable bonds is 8. The average molecular weight is 418 g/mol. The molecule has 0 spiro atoms. The number of guanidine groups is 1. The van der Waals surface area contributed by atoms with E-state index in [4.69, 9.17) is 0 Å². The van der Waals surface area contributed by atoms with Crippen molar-refractivity contribution in [2.24, 2.45) is 4.99 Å².